The molecule has 8 aromatic carbocycles. The van der Waals surface area contributed by atoms with Crippen LogP contribution in [0, 0.1) is 0 Å². The van der Waals surface area contributed by atoms with Crippen LogP contribution in [0.15, 0.2) is 199 Å². The first-order chi connectivity index (χ1) is 28.3. The molecule has 57 heavy (non-hydrogen) atoms. The van der Waals surface area contributed by atoms with E-state index in [2.05, 4.69) is 183 Å². The van der Waals surface area contributed by atoms with E-state index in [0.717, 1.165) is 50.2 Å². The van der Waals surface area contributed by atoms with Crippen LogP contribution in [0.1, 0.15) is 0 Å². The lowest BCUT2D eigenvalue weighted by molar-refractivity contribution is 0.667. The first-order valence-electron chi connectivity index (χ1n) is 19.2. The topological polar surface area (TPSA) is 48.8 Å². The van der Waals surface area contributed by atoms with Gasteiger partial charge in [0.05, 0.1) is 22.1 Å². The van der Waals surface area contributed by atoms with Gasteiger partial charge in [0, 0.05) is 43.9 Å². The summed E-state index contributed by atoms with van der Waals surface area (Å²) in [5.41, 5.74) is 15.9. The van der Waals surface area contributed by atoms with E-state index in [0.29, 0.717) is 5.58 Å². The van der Waals surface area contributed by atoms with Gasteiger partial charge in [-0.2, -0.15) is 0 Å². The Bertz CT molecular complexity index is 3500. The van der Waals surface area contributed by atoms with Crippen LogP contribution in [-0.2, 0) is 0 Å². The van der Waals surface area contributed by atoms with E-state index in [-0.39, 0.29) is 0 Å². The normalized spacial score (nSPS) is 11.9. The van der Waals surface area contributed by atoms with Gasteiger partial charge in [-0.25, -0.2) is 9.97 Å². The average molecular weight is 729 g/mol. The maximum atomic E-state index is 6.26. The highest BCUT2D eigenvalue weighted by Crippen LogP contribution is 2.39. The fourth-order valence-corrected chi connectivity index (χ4v) is 8.79. The third-order valence-corrected chi connectivity index (χ3v) is 11.5. The van der Waals surface area contributed by atoms with Gasteiger partial charge < -0.3 is 13.6 Å². The molecule has 0 spiro atoms. The van der Waals surface area contributed by atoms with E-state index in [9.17, 15) is 0 Å². The van der Waals surface area contributed by atoms with E-state index in [1.165, 1.54) is 54.8 Å². The summed E-state index contributed by atoms with van der Waals surface area (Å²) in [5.74, 6) is 0. The zero-order chi connectivity index (χ0) is 37.5. The summed E-state index contributed by atoms with van der Waals surface area (Å²) in [6, 6.07) is 67.2. The van der Waals surface area contributed by atoms with Gasteiger partial charge in [0.1, 0.15) is 23.1 Å². The highest BCUT2D eigenvalue weighted by molar-refractivity contribution is 6.13. The number of para-hydroxylation sites is 3. The minimum Gasteiger partial charge on any atom is -0.452 e. The number of benzene rings is 8. The van der Waals surface area contributed by atoms with Crippen LogP contribution in [0.25, 0.3) is 111 Å². The van der Waals surface area contributed by atoms with Crippen molar-refractivity contribution >= 4 is 65.7 Å². The van der Waals surface area contributed by atoms with Gasteiger partial charge in [0.2, 0.25) is 0 Å². The fraction of sp³-hybridized carbons (Fsp3) is 0. The lowest BCUT2D eigenvalue weighted by Crippen LogP contribution is -1.94. The van der Waals surface area contributed by atoms with E-state index in [4.69, 9.17) is 4.42 Å². The molecule has 0 unspecified atom stereocenters. The van der Waals surface area contributed by atoms with Crippen LogP contribution in [0.4, 0.5) is 0 Å². The minimum atomic E-state index is 0.705. The van der Waals surface area contributed by atoms with Crippen molar-refractivity contribution < 1.29 is 4.42 Å². The number of nitrogens with zero attached hydrogens (tertiary/aromatic N) is 4. The standard InChI is InChI=1S/C52H32N4O/c1-2-10-33(11-3-1)34-18-24-38(25-19-34)55-45-15-7-4-12-40(45)43-30-36(22-28-47(43)55)37-23-29-48-44(31-37)41-13-5-8-16-46(41)56(48)39-26-20-35(21-27-39)50-52-51(54-32-53-50)42-14-6-9-17-49(42)57-52/h1-32H. The Morgan fingerprint density at radius 1 is 0.351 bits per heavy atom. The Labute approximate surface area is 327 Å². The van der Waals surface area contributed by atoms with E-state index < -0.39 is 0 Å². The second kappa shape index (κ2) is 12.4. The van der Waals surface area contributed by atoms with Crippen molar-refractivity contribution in [1.82, 2.24) is 19.1 Å². The predicted octanol–water partition coefficient (Wildman–Crippen LogP) is 13.6. The van der Waals surface area contributed by atoms with Gasteiger partial charge in [-0.1, -0.05) is 115 Å². The van der Waals surface area contributed by atoms with Gasteiger partial charge in [-0.3, -0.25) is 0 Å². The molecule has 0 N–H and O–H groups in total. The van der Waals surface area contributed by atoms with Crippen molar-refractivity contribution in [2.24, 2.45) is 0 Å². The maximum Gasteiger partial charge on any atom is 0.180 e. The zero-order valence-corrected chi connectivity index (χ0v) is 30.7. The molecule has 12 aromatic rings. The molecule has 12 rings (SSSR count). The quantitative estimate of drug-likeness (QED) is 0.177. The fourth-order valence-electron chi connectivity index (χ4n) is 8.79. The second-order valence-corrected chi connectivity index (χ2v) is 14.6. The summed E-state index contributed by atoms with van der Waals surface area (Å²) < 4.78 is 11.0. The Hall–Kier alpha value is -7.76. The lowest BCUT2D eigenvalue weighted by atomic mass is 10.0. The van der Waals surface area contributed by atoms with Crippen molar-refractivity contribution in [2.45, 2.75) is 0 Å². The van der Waals surface area contributed by atoms with Gasteiger partial charge in [0.25, 0.3) is 0 Å². The molecule has 0 aliphatic heterocycles. The highest BCUT2D eigenvalue weighted by atomic mass is 16.3. The Kier molecular flexibility index (Phi) is 6.86. The molecule has 0 radical (unpaired) electrons. The van der Waals surface area contributed by atoms with Crippen LogP contribution in [-0.4, -0.2) is 19.1 Å². The third kappa shape index (κ3) is 4.89. The molecular weight excluding hydrogens is 697 g/mol. The molecule has 5 heteroatoms. The zero-order valence-electron chi connectivity index (χ0n) is 30.7. The molecule has 0 saturated heterocycles. The van der Waals surface area contributed by atoms with Crippen LogP contribution >= 0.6 is 0 Å². The molecule has 5 nitrogen and oxygen atoms in total. The van der Waals surface area contributed by atoms with Crippen LogP contribution in [0.3, 0.4) is 0 Å². The lowest BCUT2D eigenvalue weighted by Gasteiger charge is -2.10. The monoisotopic (exact) mass is 728 g/mol. The molecule has 0 aliphatic carbocycles. The SMILES string of the molecule is c1ccc(-c2ccc(-n3c4ccccc4c4cc(-c5ccc6c(c5)c5ccccc5n6-c5ccc(-c6ncnc7c6oc6ccccc67)cc5)ccc43)cc2)cc1. The van der Waals surface area contributed by atoms with Gasteiger partial charge in [-0.15, -0.1) is 0 Å². The van der Waals surface area contributed by atoms with Crippen LogP contribution in [0.2, 0.25) is 0 Å². The smallest absolute Gasteiger partial charge is 0.180 e. The van der Waals surface area contributed by atoms with E-state index in [1.807, 2.05) is 24.3 Å². The van der Waals surface area contributed by atoms with Crippen LogP contribution < -0.4 is 0 Å². The predicted molar refractivity (Wildman–Crippen MR) is 234 cm³/mol. The van der Waals surface area contributed by atoms with Crippen molar-refractivity contribution in [3.05, 3.63) is 194 Å². The molecule has 0 bridgehead atoms. The molecule has 0 saturated carbocycles. The molecule has 0 amide bonds. The second-order valence-electron chi connectivity index (χ2n) is 14.6. The molecule has 0 fully saturated rings. The van der Waals surface area contributed by atoms with Gasteiger partial charge in [-0.05, 0) is 95.1 Å². The maximum absolute atomic E-state index is 6.26. The molecular formula is C52H32N4O. The number of rotatable bonds is 5. The molecule has 0 atom stereocenters. The number of fused-ring (bicyclic) bond motifs is 9. The highest BCUT2D eigenvalue weighted by Gasteiger charge is 2.18. The summed E-state index contributed by atoms with van der Waals surface area (Å²) in [7, 11) is 0. The Morgan fingerprint density at radius 2 is 0.825 bits per heavy atom. The first-order valence-corrected chi connectivity index (χ1v) is 19.2. The summed E-state index contributed by atoms with van der Waals surface area (Å²) in [5, 5.41) is 5.91. The van der Waals surface area contributed by atoms with Crippen molar-refractivity contribution in [2.75, 3.05) is 0 Å². The Balaban J connectivity index is 0.947. The molecule has 4 aromatic heterocycles. The largest absolute Gasteiger partial charge is 0.452 e. The third-order valence-electron chi connectivity index (χ3n) is 11.5. The van der Waals surface area contributed by atoms with Gasteiger partial charge >= 0.3 is 0 Å². The van der Waals surface area contributed by atoms with Crippen molar-refractivity contribution in [1.29, 1.82) is 0 Å². The molecule has 266 valence electrons. The Morgan fingerprint density at radius 3 is 1.44 bits per heavy atom. The van der Waals surface area contributed by atoms with Gasteiger partial charge in [0.15, 0.2) is 5.58 Å². The minimum absolute atomic E-state index is 0.705. The number of hydrogen-bond donors (Lipinski definition) is 0. The summed E-state index contributed by atoms with van der Waals surface area (Å²) in [6.07, 6.45) is 1.62. The molecule has 0 aliphatic rings. The number of furan rings is 1. The number of aromatic nitrogens is 4. The summed E-state index contributed by atoms with van der Waals surface area (Å²) in [6.45, 7) is 0. The van der Waals surface area contributed by atoms with Crippen molar-refractivity contribution in [3.63, 3.8) is 0 Å². The molecule has 4 heterocycles. The average Bonchev–Trinajstić information content (AvgIpc) is 3.94. The van der Waals surface area contributed by atoms with E-state index >= 15 is 0 Å². The summed E-state index contributed by atoms with van der Waals surface area (Å²) >= 11 is 0. The van der Waals surface area contributed by atoms with Crippen LogP contribution in [0.5, 0.6) is 0 Å². The number of hydrogen-bond acceptors (Lipinski definition) is 3. The van der Waals surface area contributed by atoms with E-state index in [1.54, 1.807) is 6.33 Å². The summed E-state index contributed by atoms with van der Waals surface area (Å²) in [4.78, 5) is 9.21. The van der Waals surface area contributed by atoms with Crippen molar-refractivity contribution in [3.8, 4) is 44.9 Å². The first kappa shape index (κ1) is 31.6.